The van der Waals surface area contributed by atoms with Gasteiger partial charge >= 0.3 is 5.97 Å². The van der Waals surface area contributed by atoms with Gasteiger partial charge in [0, 0.05) is 16.3 Å². The largest absolute Gasteiger partial charge is 0.478 e. The van der Waals surface area contributed by atoms with Gasteiger partial charge in [-0.15, -0.1) is 0 Å². The van der Waals surface area contributed by atoms with Crippen LogP contribution in [-0.4, -0.2) is 73.0 Å². The van der Waals surface area contributed by atoms with E-state index in [-0.39, 0.29) is 0 Å². The van der Waals surface area contributed by atoms with Crippen LogP contribution in [0.2, 0.25) is 45.3 Å². The summed E-state index contributed by atoms with van der Waals surface area (Å²) in [5.74, 6) is -2.57. The van der Waals surface area contributed by atoms with Crippen LogP contribution in [0.3, 0.4) is 0 Å². The summed E-state index contributed by atoms with van der Waals surface area (Å²) in [5.41, 5.74) is -1.61. The summed E-state index contributed by atoms with van der Waals surface area (Å²) in [4.78, 5) is 9.25. The van der Waals surface area contributed by atoms with Crippen molar-refractivity contribution in [3.8, 4) is 0 Å². The molecule has 0 fully saturated rings. The van der Waals surface area contributed by atoms with Crippen LogP contribution in [0, 0.1) is 0 Å². The zero-order chi connectivity index (χ0) is 21.2. The number of hydrogen-bond acceptors (Lipinski definition) is 6. The van der Waals surface area contributed by atoms with Gasteiger partial charge < -0.3 is 28.9 Å². The van der Waals surface area contributed by atoms with Crippen molar-refractivity contribution < 1.29 is 33.7 Å². The van der Waals surface area contributed by atoms with Crippen LogP contribution >= 0.6 is 0 Å². The average molecular weight is 427 g/mol. The molecule has 0 saturated heterocycles. The van der Waals surface area contributed by atoms with Gasteiger partial charge in [-0.05, 0) is 52.6 Å². The van der Waals surface area contributed by atoms with E-state index in [2.05, 4.69) is 6.58 Å². The molecule has 0 aromatic rings. The molecule has 0 aromatic heterocycles. The highest BCUT2D eigenvalue weighted by atomic mass is 28.4. The summed E-state index contributed by atoms with van der Waals surface area (Å²) >= 11 is 0. The molecule has 0 bridgehead atoms. The van der Waals surface area contributed by atoms with Crippen molar-refractivity contribution in [3.63, 3.8) is 0 Å². The molecule has 0 radical (unpaired) electrons. The normalized spacial score (nSPS) is 15.0. The minimum Gasteiger partial charge on any atom is -0.478 e. The summed E-state index contributed by atoms with van der Waals surface area (Å²) in [6, 6.07) is 1.11. The maximum absolute atomic E-state index is 10.7. The standard InChI is InChI=1S/C13H34O5Si3.C3H4O2/c1-12(15,11-14)13(16-9-8-10-19,17-20(2,3)4)18-21(5,6)7;1-2-3(4)5/h14-15H,8-11H2,1-7,19H3;2H,1H2,(H,4,5). The summed E-state index contributed by atoms with van der Waals surface area (Å²) in [5, 5.41) is 27.9. The van der Waals surface area contributed by atoms with Crippen molar-refractivity contribution in [3.05, 3.63) is 12.7 Å². The van der Waals surface area contributed by atoms with Crippen molar-refractivity contribution in [2.45, 2.75) is 70.2 Å². The summed E-state index contributed by atoms with van der Waals surface area (Å²) in [6.07, 6.45) is 1.74. The third-order valence-corrected chi connectivity index (χ3v) is 5.28. The first-order valence-electron chi connectivity index (χ1n) is 8.78. The van der Waals surface area contributed by atoms with Crippen LogP contribution in [0.15, 0.2) is 12.7 Å². The molecule has 0 aromatic carbocycles. The zero-order valence-corrected chi connectivity index (χ0v) is 21.6. The van der Waals surface area contributed by atoms with E-state index in [1.54, 1.807) is 0 Å². The average Bonchev–Trinajstić information content (AvgIpc) is 2.44. The minimum absolute atomic E-state index is 0.453. The topological polar surface area (TPSA) is 105 Å². The molecular formula is C16H38O7Si3. The van der Waals surface area contributed by atoms with Gasteiger partial charge in [0.2, 0.25) is 0 Å². The fourth-order valence-corrected chi connectivity index (χ4v) is 4.33. The monoisotopic (exact) mass is 426 g/mol. The Labute approximate surface area is 163 Å². The number of aliphatic hydroxyl groups is 2. The van der Waals surface area contributed by atoms with Crippen LogP contribution in [-0.2, 0) is 18.4 Å². The molecule has 7 nitrogen and oxygen atoms in total. The third-order valence-electron chi connectivity index (χ3n) is 2.81. The van der Waals surface area contributed by atoms with Crippen molar-refractivity contribution in [2.75, 3.05) is 13.2 Å². The molecule has 0 heterocycles. The summed E-state index contributed by atoms with van der Waals surface area (Å²) in [7, 11) is -3.03. The van der Waals surface area contributed by atoms with E-state index in [1.165, 1.54) is 6.92 Å². The van der Waals surface area contributed by atoms with Gasteiger partial charge in [-0.25, -0.2) is 4.79 Å². The molecule has 3 N–H and O–H groups in total. The second kappa shape index (κ2) is 11.5. The van der Waals surface area contributed by atoms with E-state index in [9.17, 15) is 15.0 Å². The number of rotatable bonds is 11. The first kappa shape index (κ1) is 27.9. The molecule has 0 saturated carbocycles. The molecular weight excluding hydrogens is 388 g/mol. The Morgan fingerprint density at radius 1 is 1.15 bits per heavy atom. The molecule has 156 valence electrons. The number of carbonyl (C=O) groups is 1. The predicted octanol–water partition coefficient (Wildman–Crippen LogP) is 1.53. The van der Waals surface area contributed by atoms with Crippen molar-refractivity contribution in [2.24, 2.45) is 0 Å². The smallest absolute Gasteiger partial charge is 0.327 e. The van der Waals surface area contributed by atoms with Gasteiger partial charge in [-0.1, -0.05) is 12.6 Å². The van der Waals surface area contributed by atoms with Crippen LogP contribution in [0.1, 0.15) is 13.3 Å². The van der Waals surface area contributed by atoms with E-state index in [0.717, 1.165) is 28.8 Å². The van der Waals surface area contributed by atoms with Crippen molar-refractivity contribution in [1.29, 1.82) is 0 Å². The van der Waals surface area contributed by atoms with Crippen LogP contribution in [0.4, 0.5) is 0 Å². The van der Waals surface area contributed by atoms with Crippen LogP contribution in [0.5, 0.6) is 0 Å². The lowest BCUT2D eigenvalue weighted by molar-refractivity contribution is -0.388. The molecule has 0 aliphatic carbocycles. The van der Waals surface area contributed by atoms with Crippen LogP contribution in [0.25, 0.3) is 0 Å². The Morgan fingerprint density at radius 2 is 1.54 bits per heavy atom. The molecule has 0 spiro atoms. The number of aliphatic hydroxyl groups excluding tert-OH is 1. The molecule has 0 rings (SSSR count). The molecule has 0 aliphatic heterocycles. The number of carboxylic acid groups (broad SMARTS) is 1. The number of aliphatic carboxylic acids is 1. The maximum atomic E-state index is 10.7. The lowest BCUT2D eigenvalue weighted by Crippen LogP contribution is -2.65. The van der Waals surface area contributed by atoms with Gasteiger partial charge in [0.25, 0.3) is 5.97 Å². The predicted molar refractivity (Wildman–Crippen MR) is 112 cm³/mol. The quantitative estimate of drug-likeness (QED) is 0.199. The molecule has 0 amide bonds. The Kier molecular flexibility index (Phi) is 12.3. The molecule has 26 heavy (non-hydrogen) atoms. The van der Waals surface area contributed by atoms with Crippen molar-refractivity contribution in [1.82, 2.24) is 0 Å². The first-order chi connectivity index (χ1) is 11.6. The number of ether oxygens (including phenoxy) is 1. The summed E-state index contributed by atoms with van der Waals surface area (Å²) in [6.45, 7) is 16.5. The van der Waals surface area contributed by atoms with E-state index in [0.29, 0.717) is 6.61 Å². The van der Waals surface area contributed by atoms with Crippen molar-refractivity contribution >= 4 is 32.8 Å². The second-order valence-corrected chi connectivity index (χ2v) is 18.0. The SMILES string of the molecule is C=CC(=O)O.CC(O)(CO)C(OCCC[SiH3])(O[Si](C)(C)C)O[Si](C)(C)C. The van der Waals surface area contributed by atoms with Gasteiger partial charge in [0.1, 0.15) is 0 Å². The van der Waals surface area contributed by atoms with Gasteiger partial charge in [0.05, 0.1) is 13.2 Å². The van der Waals surface area contributed by atoms with E-state index < -0.39 is 40.8 Å². The molecule has 1 atom stereocenters. The zero-order valence-electron chi connectivity index (χ0n) is 17.6. The Bertz CT molecular complexity index is 413. The lowest BCUT2D eigenvalue weighted by atomic mass is 10.1. The van der Waals surface area contributed by atoms with Gasteiger partial charge in [0.15, 0.2) is 22.2 Å². The van der Waals surface area contributed by atoms with E-state index in [4.69, 9.17) is 18.7 Å². The Morgan fingerprint density at radius 3 is 1.77 bits per heavy atom. The van der Waals surface area contributed by atoms with Crippen LogP contribution < -0.4 is 0 Å². The number of hydrogen-bond donors (Lipinski definition) is 3. The van der Waals surface area contributed by atoms with Gasteiger partial charge in [-0.2, -0.15) is 0 Å². The maximum Gasteiger partial charge on any atom is 0.327 e. The fourth-order valence-electron chi connectivity index (χ4n) is 1.71. The highest BCUT2D eigenvalue weighted by Crippen LogP contribution is 2.35. The third kappa shape index (κ3) is 12.1. The molecule has 10 heteroatoms. The Balaban J connectivity index is 0. The highest BCUT2D eigenvalue weighted by molar-refractivity contribution is 6.71. The number of carboxylic acids is 1. The lowest BCUT2D eigenvalue weighted by Gasteiger charge is -2.48. The minimum atomic E-state index is -2.07. The highest BCUT2D eigenvalue weighted by Gasteiger charge is 2.55. The summed E-state index contributed by atoms with van der Waals surface area (Å²) < 4.78 is 18.2. The second-order valence-electron chi connectivity index (χ2n) is 8.16. The Hall–Kier alpha value is -0.339. The molecule has 1 unspecified atom stereocenters. The first-order valence-corrected chi connectivity index (χ1v) is 17.0. The molecule has 0 aliphatic rings. The van der Waals surface area contributed by atoms with Gasteiger partial charge in [-0.3, -0.25) is 0 Å². The van der Waals surface area contributed by atoms with E-state index >= 15 is 0 Å². The fraction of sp³-hybridized carbons (Fsp3) is 0.812. The van der Waals surface area contributed by atoms with E-state index in [1.807, 2.05) is 39.3 Å².